The topological polar surface area (TPSA) is 46.2 Å². The minimum absolute atomic E-state index is 0.655. The Kier molecular flexibility index (Phi) is 19.0. The van der Waals surface area contributed by atoms with Gasteiger partial charge >= 0.3 is 8.80 Å². The van der Waals surface area contributed by atoms with Crippen molar-refractivity contribution in [3.05, 3.63) is 0 Å². The molecule has 28 heavy (non-hydrogen) atoms. The summed E-state index contributed by atoms with van der Waals surface area (Å²) in [6.45, 7) is 20.4. The molecule has 0 heterocycles. The van der Waals surface area contributed by atoms with Crippen molar-refractivity contribution in [1.29, 1.82) is 0 Å². The van der Waals surface area contributed by atoms with Gasteiger partial charge in [0, 0.05) is 25.9 Å². The van der Waals surface area contributed by atoms with Crippen LogP contribution >= 0.6 is 0 Å². The Morgan fingerprint density at radius 2 is 1.29 bits per heavy atom. The van der Waals surface area contributed by atoms with Gasteiger partial charge in [-0.2, -0.15) is 0 Å². The lowest BCUT2D eigenvalue weighted by Crippen LogP contribution is -2.46. The molecule has 7 heteroatoms. The summed E-state index contributed by atoms with van der Waals surface area (Å²) < 4.78 is 18.0. The zero-order chi connectivity index (χ0) is 21.1. The van der Waals surface area contributed by atoms with Crippen molar-refractivity contribution >= 4 is 8.80 Å². The van der Waals surface area contributed by atoms with E-state index in [2.05, 4.69) is 36.0 Å². The van der Waals surface area contributed by atoms with Gasteiger partial charge < -0.3 is 28.4 Å². The third-order valence-electron chi connectivity index (χ3n) is 4.86. The summed E-state index contributed by atoms with van der Waals surface area (Å²) >= 11 is 0. The summed E-state index contributed by atoms with van der Waals surface area (Å²) in [6.07, 6.45) is 4.69. The molecule has 0 aliphatic carbocycles. The fourth-order valence-electron chi connectivity index (χ4n) is 3.31. The summed E-state index contributed by atoms with van der Waals surface area (Å²) in [4.78, 5) is 5.00. The number of nitrogens with zero attached hydrogens (tertiary/aromatic N) is 2. The molecule has 0 aliphatic heterocycles. The van der Waals surface area contributed by atoms with Gasteiger partial charge in [0.15, 0.2) is 0 Å². The molecule has 6 nitrogen and oxygen atoms in total. The van der Waals surface area contributed by atoms with Crippen LogP contribution in [0, 0.1) is 0 Å². The Morgan fingerprint density at radius 1 is 0.714 bits per heavy atom. The monoisotopic (exact) mass is 419 g/mol. The zero-order valence-corrected chi connectivity index (χ0v) is 20.7. The van der Waals surface area contributed by atoms with Gasteiger partial charge in [0.05, 0.1) is 0 Å². The van der Waals surface area contributed by atoms with E-state index >= 15 is 0 Å². The van der Waals surface area contributed by atoms with Gasteiger partial charge in [-0.15, -0.1) is 0 Å². The molecule has 0 radical (unpaired) electrons. The fourth-order valence-corrected chi connectivity index (χ4v) is 5.90. The van der Waals surface area contributed by atoms with E-state index in [9.17, 15) is 0 Å². The van der Waals surface area contributed by atoms with E-state index in [1.165, 1.54) is 19.3 Å². The van der Waals surface area contributed by atoms with Crippen molar-refractivity contribution in [1.82, 2.24) is 15.1 Å². The molecule has 0 unspecified atom stereocenters. The fraction of sp³-hybridized carbons (Fsp3) is 1.00. The summed E-state index contributed by atoms with van der Waals surface area (Å²) in [6, 6.07) is 0.905. The van der Waals surface area contributed by atoms with E-state index in [4.69, 9.17) is 13.3 Å². The van der Waals surface area contributed by atoms with Crippen LogP contribution in [-0.2, 0) is 13.3 Å². The van der Waals surface area contributed by atoms with E-state index in [-0.39, 0.29) is 0 Å². The van der Waals surface area contributed by atoms with E-state index in [1.807, 2.05) is 20.8 Å². The predicted octanol–water partition coefficient (Wildman–Crippen LogP) is 3.46. The van der Waals surface area contributed by atoms with Gasteiger partial charge in [0.25, 0.3) is 0 Å². The third-order valence-corrected chi connectivity index (χ3v) is 8.01. The minimum atomic E-state index is -2.51. The van der Waals surface area contributed by atoms with Crippen molar-refractivity contribution in [2.45, 2.75) is 66.3 Å². The van der Waals surface area contributed by atoms with Crippen LogP contribution in [0.2, 0.25) is 6.04 Å². The largest absolute Gasteiger partial charge is 0.500 e. The first kappa shape index (κ1) is 28.0. The molecule has 0 saturated heterocycles. The minimum Gasteiger partial charge on any atom is -0.374 e. The molecule has 1 N–H and O–H groups in total. The first-order chi connectivity index (χ1) is 13.6. The number of nitrogens with one attached hydrogen (secondary N) is 1. The van der Waals surface area contributed by atoms with Crippen LogP contribution in [0.25, 0.3) is 0 Å². The lowest BCUT2D eigenvalue weighted by atomic mass is 10.3. The van der Waals surface area contributed by atoms with Crippen molar-refractivity contribution in [3.8, 4) is 0 Å². The molecule has 0 rings (SSSR count). The Morgan fingerprint density at radius 3 is 1.82 bits per heavy atom. The highest BCUT2D eigenvalue weighted by Gasteiger charge is 2.39. The maximum atomic E-state index is 6.00. The summed E-state index contributed by atoms with van der Waals surface area (Å²) in [5, 5.41) is 3.52. The van der Waals surface area contributed by atoms with Crippen molar-refractivity contribution in [3.63, 3.8) is 0 Å². The molecule has 0 aliphatic rings. The van der Waals surface area contributed by atoms with Crippen molar-refractivity contribution in [2.24, 2.45) is 0 Å². The molecule has 0 fully saturated rings. The smallest absolute Gasteiger partial charge is 0.374 e. The molecular formula is C21H49N3O3Si. The van der Waals surface area contributed by atoms with E-state index < -0.39 is 8.80 Å². The van der Waals surface area contributed by atoms with E-state index in [1.54, 1.807) is 0 Å². The van der Waals surface area contributed by atoms with Crippen LogP contribution in [0.1, 0.15) is 60.3 Å². The molecule has 0 bridgehead atoms. The third kappa shape index (κ3) is 14.0. The van der Waals surface area contributed by atoms with Crippen LogP contribution in [0.5, 0.6) is 0 Å². The molecule has 0 aromatic heterocycles. The number of hydrogen-bond donors (Lipinski definition) is 1. The highest BCUT2D eigenvalue weighted by Crippen LogP contribution is 2.18. The highest BCUT2D eigenvalue weighted by atomic mass is 28.4. The second-order valence-corrected chi connectivity index (χ2v) is 10.0. The zero-order valence-electron chi connectivity index (χ0n) is 19.7. The number of rotatable bonds is 21. The Balaban J connectivity index is 4.53. The predicted molar refractivity (Wildman–Crippen MR) is 122 cm³/mol. The standard InChI is InChI=1S/C21H49N3O3Si/c1-7-15-22-16-12-18-24(19-13-17-23(6)8-2)20-14-21-28(25-9-3,26-10-4)27-11-5/h22H,7-21H2,1-6H3. The van der Waals surface area contributed by atoms with Crippen molar-refractivity contribution < 1.29 is 13.3 Å². The molecule has 0 aromatic carbocycles. The van der Waals surface area contributed by atoms with Gasteiger partial charge in [-0.1, -0.05) is 13.8 Å². The van der Waals surface area contributed by atoms with Crippen LogP contribution in [0.15, 0.2) is 0 Å². The normalized spacial score (nSPS) is 12.4. The van der Waals surface area contributed by atoms with E-state index in [0.717, 1.165) is 58.3 Å². The maximum Gasteiger partial charge on any atom is 0.500 e. The van der Waals surface area contributed by atoms with Crippen LogP contribution in [0.4, 0.5) is 0 Å². The average Bonchev–Trinajstić information content (AvgIpc) is 2.67. The lowest BCUT2D eigenvalue weighted by Gasteiger charge is -2.30. The average molecular weight is 420 g/mol. The summed E-state index contributed by atoms with van der Waals surface area (Å²) in [5.41, 5.74) is 0. The second-order valence-electron chi connectivity index (χ2n) is 7.28. The molecule has 0 atom stereocenters. The molecule has 0 amide bonds. The summed E-state index contributed by atoms with van der Waals surface area (Å²) in [5.74, 6) is 0. The van der Waals surface area contributed by atoms with Gasteiger partial charge in [-0.05, 0) is 99.3 Å². The quantitative estimate of drug-likeness (QED) is 0.227. The number of hydrogen-bond acceptors (Lipinski definition) is 6. The first-order valence-corrected chi connectivity index (χ1v) is 13.5. The Labute approximate surface area is 176 Å². The van der Waals surface area contributed by atoms with Gasteiger partial charge in [0.2, 0.25) is 0 Å². The summed E-state index contributed by atoms with van der Waals surface area (Å²) in [7, 11) is -0.314. The Bertz CT molecular complexity index is 321. The van der Waals surface area contributed by atoms with Gasteiger partial charge in [-0.3, -0.25) is 0 Å². The Hall–Kier alpha value is -0.0231. The molecule has 170 valence electrons. The van der Waals surface area contributed by atoms with Crippen LogP contribution in [-0.4, -0.2) is 91.3 Å². The molecule has 0 aromatic rings. The maximum absolute atomic E-state index is 6.00. The second kappa shape index (κ2) is 19.0. The van der Waals surface area contributed by atoms with Crippen LogP contribution < -0.4 is 5.32 Å². The van der Waals surface area contributed by atoms with Gasteiger partial charge in [-0.25, -0.2) is 0 Å². The lowest BCUT2D eigenvalue weighted by molar-refractivity contribution is 0.0698. The molecular weight excluding hydrogens is 370 g/mol. The van der Waals surface area contributed by atoms with Crippen LogP contribution in [0.3, 0.4) is 0 Å². The van der Waals surface area contributed by atoms with E-state index in [0.29, 0.717) is 19.8 Å². The first-order valence-electron chi connectivity index (χ1n) is 11.6. The molecule has 0 spiro atoms. The van der Waals surface area contributed by atoms with Crippen molar-refractivity contribution in [2.75, 3.05) is 72.7 Å². The highest BCUT2D eigenvalue weighted by molar-refractivity contribution is 6.60. The molecule has 0 saturated carbocycles. The van der Waals surface area contributed by atoms with Gasteiger partial charge in [0.1, 0.15) is 0 Å². The SMILES string of the molecule is CCCNCCCN(CCCN(C)CC)CCC[Si](OCC)(OCC)OCC.